The highest BCUT2D eigenvalue weighted by Gasteiger charge is 2.28. The summed E-state index contributed by atoms with van der Waals surface area (Å²) in [6, 6.07) is 18.3. The molecule has 186 valence electrons. The Morgan fingerprint density at radius 3 is 2.44 bits per heavy atom. The van der Waals surface area contributed by atoms with Crippen LogP contribution < -0.4 is 0 Å². The molecule has 0 bridgehead atoms. The molecule has 0 aliphatic heterocycles. The van der Waals surface area contributed by atoms with Gasteiger partial charge in [-0.15, -0.1) is 0 Å². The SMILES string of the molecule is Cc1c(-c2cnn(C)c2)nn(-c2ccccc2)c1CC(=O)CC1CCCCC1Cc1ccc(Cl)cc1. The lowest BCUT2D eigenvalue weighted by Crippen LogP contribution is -2.25. The predicted molar refractivity (Wildman–Crippen MR) is 144 cm³/mol. The van der Waals surface area contributed by atoms with Crippen LogP contribution in [0.1, 0.15) is 48.9 Å². The lowest BCUT2D eigenvalue weighted by molar-refractivity contribution is -0.120. The molecule has 0 amide bonds. The molecule has 2 heterocycles. The number of hydrogen-bond acceptors (Lipinski definition) is 3. The molecule has 6 heteroatoms. The summed E-state index contributed by atoms with van der Waals surface area (Å²) in [6.45, 7) is 2.07. The number of rotatable bonds is 8. The minimum absolute atomic E-state index is 0.293. The van der Waals surface area contributed by atoms with Gasteiger partial charge in [-0.25, -0.2) is 4.68 Å². The number of carbonyl (C=O) groups excluding carboxylic acids is 1. The van der Waals surface area contributed by atoms with Crippen LogP contribution in [-0.4, -0.2) is 25.3 Å². The first kappa shape index (κ1) is 24.5. The zero-order valence-electron chi connectivity index (χ0n) is 21.0. The molecule has 0 saturated heterocycles. The third kappa shape index (κ3) is 5.46. The smallest absolute Gasteiger partial charge is 0.139 e. The van der Waals surface area contributed by atoms with Crippen LogP contribution in [0.3, 0.4) is 0 Å². The van der Waals surface area contributed by atoms with Crippen molar-refractivity contribution in [3.05, 3.63) is 88.8 Å². The summed E-state index contributed by atoms with van der Waals surface area (Å²) in [7, 11) is 1.90. The molecular formula is C30H33ClN4O. The molecule has 5 rings (SSSR count). The van der Waals surface area contributed by atoms with Gasteiger partial charge in [-0.2, -0.15) is 10.2 Å². The first-order chi connectivity index (χ1) is 17.5. The van der Waals surface area contributed by atoms with Crippen LogP contribution in [0.2, 0.25) is 5.02 Å². The van der Waals surface area contributed by atoms with Crippen molar-refractivity contribution in [3.63, 3.8) is 0 Å². The molecule has 5 nitrogen and oxygen atoms in total. The van der Waals surface area contributed by atoms with Crippen molar-refractivity contribution in [3.8, 4) is 16.9 Å². The third-order valence-corrected chi connectivity index (χ3v) is 7.81. The van der Waals surface area contributed by atoms with E-state index in [0.717, 1.165) is 46.1 Å². The zero-order valence-corrected chi connectivity index (χ0v) is 21.8. The fourth-order valence-electron chi connectivity index (χ4n) is 5.64. The number of ketones is 1. The quantitative estimate of drug-likeness (QED) is 0.268. The number of aryl methyl sites for hydroxylation is 1. The summed E-state index contributed by atoms with van der Waals surface area (Å²) in [4.78, 5) is 13.5. The number of benzene rings is 2. The largest absolute Gasteiger partial charge is 0.299 e. The van der Waals surface area contributed by atoms with Gasteiger partial charge in [-0.05, 0) is 73.4 Å². The van der Waals surface area contributed by atoms with Crippen molar-refractivity contribution < 1.29 is 4.79 Å². The molecule has 2 atom stereocenters. The highest BCUT2D eigenvalue weighted by atomic mass is 35.5. The van der Waals surface area contributed by atoms with Crippen LogP contribution in [-0.2, 0) is 24.7 Å². The second kappa shape index (κ2) is 10.8. The Hall–Kier alpha value is -3.18. The van der Waals surface area contributed by atoms with Crippen LogP contribution in [0.5, 0.6) is 0 Å². The number of halogens is 1. The molecule has 1 saturated carbocycles. The molecule has 2 aromatic carbocycles. The molecule has 36 heavy (non-hydrogen) atoms. The summed E-state index contributed by atoms with van der Waals surface area (Å²) in [5, 5.41) is 10.0. The highest BCUT2D eigenvalue weighted by Crippen LogP contribution is 2.36. The predicted octanol–water partition coefficient (Wildman–Crippen LogP) is 6.79. The van der Waals surface area contributed by atoms with Gasteiger partial charge >= 0.3 is 0 Å². The van der Waals surface area contributed by atoms with Crippen molar-refractivity contribution in [2.45, 2.75) is 51.9 Å². The van der Waals surface area contributed by atoms with E-state index in [1.807, 2.05) is 66.6 Å². The molecule has 1 aliphatic rings. The normalized spacial score (nSPS) is 17.9. The van der Waals surface area contributed by atoms with Gasteiger partial charge in [0.25, 0.3) is 0 Å². The average Bonchev–Trinajstić information content (AvgIpc) is 3.45. The van der Waals surface area contributed by atoms with Crippen LogP contribution in [0.25, 0.3) is 16.9 Å². The minimum atomic E-state index is 0.293. The van der Waals surface area contributed by atoms with Gasteiger partial charge < -0.3 is 0 Å². The van der Waals surface area contributed by atoms with E-state index in [1.165, 1.54) is 24.8 Å². The monoisotopic (exact) mass is 500 g/mol. The van der Waals surface area contributed by atoms with E-state index in [2.05, 4.69) is 24.2 Å². The lowest BCUT2D eigenvalue weighted by atomic mass is 9.74. The van der Waals surface area contributed by atoms with E-state index in [9.17, 15) is 4.79 Å². The number of nitrogens with zero attached hydrogens (tertiary/aromatic N) is 4. The summed E-state index contributed by atoms with van der Waals surface area (Å²) in [5.41, 5.74) is 6.14. The van der Waals surface area contributed by atoms with E-state index in [1.54, 1.807) is 4.68 Å². The second-order valence-electron chi connectivity index (χ2n) is 10.1. The van der Waals surface area contributed by atoms with E-state index in [0.29, 0.717) is 30.5 Å². The number of para-hydroxylation sites is 1. The fraction of sp³-hybridized carbons (Fsp3) is 0.367. The zero-order chi connectivity index (χ0) is 25.1. The first-order valence-electron chi connectivity index (χ1n) is 12.9. The van der Waals surface area contributed by atoms with Crippen molar-refractivity contribution in [2.75, 3.05) is 0 Å². The number of Topliss-reactive ketones (excluding diaryl/α,β-unsaturated/α-hetero) is 1. The number of hydrogen-bond donors (Lipinski definition) is 0. The molecular weight excluding hydrogens is 468 g/mol. The van der Waals surface area contributed by atoms with Gasteiger partial charge in [0.1, 0.15) is 5.78 Å². The summed E-state index contributed by atoms with van der Waals surface area (Å²) >= 11 is 6.08. The van der Waals surface area contributed by atoms with Gasteiger partial charge in [0.2, 0.25) is 0 Å². The van der Waals surface area contributed by atoms with E-state index < -0.39 is 0 Å². The Morgan fingerprint density at radius 1 is 1.03 bits per heavy atom. The molecule has 4 aromatic rings. The van der Waals surface area contributed by atoms with Gasteiger partial charge in [0.05, 0.1) is 23.3 Å². The fourth-order valence-corrected chi connectivity index (χ4v) is 5.76. The Bertz CT molecular complexity index is 1320. The third-order valence-electron chi connectivity index (χ3n) is 7.55. The highest BCUT2D eigenvalue weighted by molar-refractivity contribution is 6.30. The van der Waals surface area contributed by atoms with Crippen molar-refractivity contribution in [1.29, 1.82) is 0 Å². The van der Waals surface area contributed by atoms with Crippen LogP contribution >= 0.6 is 11.6 Å². The van der Waals surface area contributed by atoms with Crippen molar-refractivity contribution >= 4 is 17.4 Å². The molecule has 0 spiro atoms. The molecule has 1 aliphatic carbocycles. The van der Waals surface area contributed by atoms with Crippen LogP contribution in [0, 0.1) is 18.8 Å². The van der Waals surface area contributed by atoms with Crippen LogP contribution in [0.4, 0.5) is 0 Å². The lowest BCUT2D eigenvalue weighted by Gasteiger charge is -2.31. The van der Waals surface area contributed by atoms with E-state index in [-0.39, 0.29) is 0 Å². The second-order valence-corrected chi connectivity index (χ2v) is 10.6. The molecule has 0 N–H and O–H groups in total. The van der Waals surface area contributed by atoms with E-state index in [4.69, 9.17) is 16.7 Å². The topological polar surface area (TPSA) is 52.7 Å². The summed E-state index contributed by atoms with van der Waals surface area (Å²) in [6.07, 6.45) is 10.6. The average molecular weight is 501 g/mol. The summed E-state index contributed by atoms with van der Waals surface area (Å²) in [5.74, 6) is 1.25. The van der Waals surface area contributed by atoms with Gasteiger partial charge in [0.15, 0.2) is 0 Å². The molecule has 2 unspecified atom stereocenters. The first-order valence-corrected chi connectivity index (χ1v) is 13.2. The minimum Gasteiger partial charge on any atom is -0.299 e. The Labute approximate surface area is 218 Å². The van der Waals surface area contributed by atoms with Crippen LogP contribution in [0.15, 0.2) is 67.0 Å². The molecule has 0 radical (unpaired) electrons. The van der Waals surface area contributed by atoms with Gasteiger partial charge in [-0.3, -0.25) is 9.48 Å². The maximum absolute atomic E-state index is 13.5. The van der Waals surface area contributed by atoms with Gasteiger partial charge in [-0.1, -0.05) is 54.8 Å². The molecule has 1 fully saturated rings. The van der Waals surface area contributed by atoms with Gasteiger partial charge in [0, 0.05) is 36.7 Å². The van der Waals surface area contributed by atoms with Crippen molar-refractivity contribution in [1.82, 2.24) is 19.6 Å². The Balaban J connectivity index is 1.37. The maximum Gasteiger partial charge on any atom is 0.139 e. The summed E-state index contributed by atoms with van der Waals surface area (Å²) < 4.78 is 3.73. The van der Waals surface area contributed by atoms with Crippen molar-refractivity contribution in [2.24, 2.45) is 18.9 Å². The Kier molecular flexibility index (Phi) is 7.38. The maximum atomic E-state index is 13.5. The van der Waals surface area contributed by atoms with E-state index >= 15 is 0 Å². The standard InChI is InChI=1S/C30H33ClN4O/c1-21-29(35(27-10-4-3-5-11-27)33-30(21)25-19-32-34(2)20-25)18-28(36)17-24-9-7-6-8-23(24)16-22-12-14-26(31)15-13-22/h3-5,10-15,19-20,23-24H,6-9,16-18H2,1-2H3. The number of carbonyl (C=O) groups is 1. The Morgan fingerprint density at radius 2 is 1.75 bits per heavy atom. The number of aromatic nitrogens is 4. The molecule has 2 aromatic heterocycles.